The summed E-state index contributed by atoms with van der Waals surface area (Å²) in [5.41, 5.74) is 1.01. The molecule has 2 aromatic heterocycles. The lowest BCUT2D eigenvalue weighted by Gasteiger charge is -2.33. The van der Waals surface area contributed by atoms with E-state index in [-0.39, 0.29) is 5.52 Å². The number of fused-ring (bicyclic) bond motifs is 3. The second-order valence-electron chi connectivity index (χ2n) is 5.48. The van der Waals surface area contributed by atoms with Gasteiger partial charge in [0.05, 0.1) is 5.52 Å². The summed E-state index contributed by atoms with van der Waals surface area (Å²) in [5, 5.41) is 7.99. The number of benzene rings is 1. The van der Waals surface area contributed by atoms with E-state index in [1.165, 1.54) is 12.4 Å². The highest BCUT2D eigenvalue weighted by Crippen LogP contribution is 2.26. The minimum atomic E-state index is -0.941. The molecule has 3 aromatic rings. The van der Waals surface area contributed by atoms with Gasteiger partial charge in [-0.15, -0.1) is 10.2 Å². The van der Waals surface area contributed by atoms with Gasteiger partial charge in [-0.3, -0.25) is 4.40 Å². The van der Waals surface area contributed by atoms with Crippen LogP contribution in [0.15, 0.2) is 18.5 Å². The maximum Gasteiger partial charge on any atom is 0.204 e. The maximum absolute atomic E-state index is 14.1. The largest absolute Gasteiger partial charge is 0.351 e. The van der Waals surface area contributed by atoms with Crippen LogP contribution in [0.2, 0.25) is 0 Å². The highest BCUT2D eigenvalue weighted by molar-refractivity contribution is 5.83. The Kier molecular flexibility index (Phi) is 2.93. The molecule has 1 saturated heterocycles. The van der Waals surface area contributed by atoms with Crippen LogP contribution in [-0.2, 0) is 0 Å². The Bertz CT molecular complexity index is 853. The highest BCUT2D eigenvalue weighted by atomic mass is 19.2. The third-order valence-corrected chi connectivity index (χ3v) is 4.08. The molecule has 0 radical (unpaired) electrons. The van der Waals surface area contributed by atoms with Crippen molar-refractivity contribution in [3.8, 4) is 0 Å². The van der Waals surface area contributed by atoms with Crippen molar-refractivity contribution < 1.29 is 8.78 Å². The molecule has 114 valence electrons. The molecule has 1 aromatic carbocycles. The number of likely N-dealkylation sites (N-methyl/N-ethyl adjacent to an activating group) is 1. The molecule has 0 saturated carbocycles. The third kappa shape index (κ3) is 1.91. The van der Waals surface area contributed by atoms with Crippen molar-refractivity contribution in [3.63, 3.8) is 0 Å². The second kappa shape index (κ2) is 4.84. The molecule has 0 atom stereocenters. The second-order valence-corrected chi connectivity index (χ2v) is 5.48. The number of anilines is 1. The van der Waals surface area contributed by atoms with Crippen LogP contribution in [0.5, 0.6) is 0 Å². The van der Waals surface area contributed by atoms with Gasteiger partial charge in [0, 0.05) is 26.2 Å². The van der Waals surface area contributed by atoms with Gasteiger partial charge < -0.3 is 9.80 Å². The smallest absolute Gasteiger partial charge is 0.204 e. The van der Waals surface area contributed by atoms with E-state index in [0.717, 1.165) is 32.2 Å². The Morgan fingerprint density at radius 1 is 1.09 bits per heavy atom. The number of nitrogens with zero attached hydrogens (tertiary/aromatic N) is 6. The average molecular weight is 304 g/mol. The summed E-state index contributed by atoms with van der Waals surface area (Å²) in [7, 11) is 2.05. The zero-order valence-corrected chi connectivity index (χ0v) is 12.0. The van der Waals surface area contributed by atoms with Crippen molar-refractivity contribution in [2.75, 3.05) is 38.1 Å². The van der Waals surface area contributed by atoms with E-state index in [9.17, 15) is 8.78 Å². The van der Waals surface area contributed by atoms with Crippen LogP contribution < -0.4 is 4.90 Å². The van der Waals surface area contributed by atoms with E-state index in [1.54, 1.807) is 4.40 Å². The summed E-state index contributed by atoms with van der Waals surface area (Å²) in [4.78, 5) is 8.60. The van der Waals surface area contributed by atoms with E-state index in [4.69, 9.17) is 0 Å². The number of halogens is 2. The Morgan fingerprint density at radius 3 is 2.64 bits per heavy atom. The van der Waals surface area contributed by atoms with Gasteiger partial charge in [-0.05, 0) is 19.2 Å². The van der Waals surface area contributed by atoms with Crippen LogP contribution in [0.1, 0.15) is 0 Å². The third-order valence-electron chi connectivity index (χ3n) is 4.08. The fourth-order valence-corrected chi connectivity index (χ4v) is 2.78. The first-order chi connectivity index (χ1) is 10.6. The first-order valence-electron chi connectivity index (χ1n) is 7.06. The summed E-state index contributed by atoms with van der Waals surface area (Å²) < 4.78 is 29.3. The van der Waals surface area contributed by atoms with Crippen LogP contribution in [-0.4, -0.2) is 57.7 Å². The molecule has 3 heterocycles. The molecular formula is C14H14F2N6. The lowest BCUT2D eigenvalue weighted by molar-refractivity contribution is 0.312. The Morgan fingerprint density at radius 2 is 1.86 bits per heavy atom. The molecule has 8 heteroatoms. The molecule has 0 aliphatic carbocycles. The van der Waals surface area contributed by atoms with Gasteiger partial charge in [0.1, 0.15) is 11.8 Å². The van der Waals surface area contributed by atoms with E-state index in [0.29, 0.717) is 17.0 Å². The minimum absolute atomic E-state index is 0.00114. The maximum atomic E-state index is 14.1. The number of hydrogen-bond acceptors (Lipinski definition) is 5. The Labute approximate surface area is 125 Å². The van der Waals surface area contributed by atoms with Gasteiger partial charge in [-0.1, -0.05) is 0 Å². The predicted octanol–water partition coefficient (Wildman–Crippen LogP) is 1.31. The van der Waals surface area contributed by atoms with E-state index < -0.39 is 11.6 Å². The van der Waals surface area contributed by atoms with E-state index >= 15 is 0 Å². The van der Waals surface area contributed by atoms with Crippen LogP contribution in [0, 0.1) is 11.6 Å². The molecule has 4 rings (SSSR count). The lowest BCUT2D eigenvalue weighted by atomic mass is 10.2. The molecular weight excluding hydrogens is 290 g/mol. The standard InChI is InChI=1S/C14H14F2N6/c1-20-4-6-21(7-5-20)13-14-19-17-8-22(14)10-3-2-9(15)11(16)12(10)18-13/h2-3,8H,4-7H2,1H3. The first kappa shape index (κ1) is 13.3. The molecule has 0 spiro atoms. The minimum Gasteiger partial charge on any atom is -0.351 e. The van der Waals surface area contributed by atoms with Gasteiger partial charge >= 0.3 is 0 Å². The van der Waals surface area contributed by atoms with Crippen LogP contribution >= 0.6 is 0 Å². The van der Waals surface area contributed by atoms with Gasteiger partial charge in [-0.2, -0.15) is 0 Å². The molecule has 0 N–H and O–H groups in total. The number of rotatable bonds is 1. The fraction of sp³-hybridized carbons (Fsp3) is 0.357. The highest BCUT2D eigenvalue weighted by Gasteiger charge is 2.22. The molecule has 0 unspecified atom stereocenters. The first-order valence-corrected chi connectivity index (χ1v) is 7.06. The number of aromatic nitrogens is 4. The average Bonchev–Trinajstić information content (AvgIpc) is 3.01. The summed E-state index contributed by atoms with van der Waals surface area (Å²) in [6.07, 6.45) is 1.50. The SMILES string of the molecule is CN1CCN(c2nc3c(F)c(F)ccc3n3cnnc23)CC1. The summed E-state index contributed by atoms with van der Waals surface area (Å²) >= 11 is 0. The Balaban J connectivity index is 1.96. The lowest BCUT2D eigenvalue weighted by Crippen LogP contribution is -2.45. The van der Waals surface area contributed by atoms with Crippen molar-refractivity contribution in [2.24, 2.45) is 0 Å². The molecule has 0 amide bonds. The molecule has 1 fully saturated rings. The van der Waals surface area contributed by atoms with E-state index in [1.807, 2.05) is 11.9 Å². The molecule has 22 heavy (non-hydrogen) atoms. The van der Waals surface area contributed by atoms with Gasteiger partial charge in [0.2, 0.25) is 5.65 Å². The quantitative estimate of drug-likeness (QED) is 0.678. The van der Waals surface area contributed by atoms with Gasteiger partial charge in [-0.25, -0.2) is 13.8 Å². The van der Waals surface area contributed by atoms with E-state index in [2.05, 4.69) is 20.1 Å². The molecule has 1 aliphatic rings. The van der Waals surface area contributed by atoms with Gasteiger partial charge in [0.25, 0.3) is 0 Å². The normalized spacial score (nSPS) is 16.8. The summed E-state index contributed by atoms with van der Waals surface area (Å²) in [5.74, 6) is -1.30. The predicted molar refractivity (Wildman–Crippen MR) is 77.9 cm³/mol. The molecule has 1 aliphatic heterocycles. The van der Waals surface area contributed by atoms with Gasteiger partial charge in [0.15, 0.2) is 17.5 Å². The summed E-state index contributed by atoms with van der Waals surface area (Å²) in [6, 6.07) is 2.58. The van der Waals surface area contributed by atoms with Crippen LogP contribution in [0.3, 0.4) is 0 Å². The fourth-order valence-electron chi connectivity index (χ4n) is 2.78. The topological polar surface area (TPSA) is 49.6 Å². The Hall–Kier alpha value is -2.35. The molecule has 6 nitrogen and oxygen atoms in total. The van der Waals surface area contributed by atoms with Crippen molar-refractivity contribution >= 4 is 22.5 Å². The number of piperazine rings is 1. The zero-order valence-electron chi connectivity index (χ0n) is 12.0. The zero-order chi connectivity index (χ0) is 15.3. The monoisotopic (exact) mass is 304 g/mol. The van der Waals surface area contributed by atoms with Crippen molar-refractivity contribution in [1.29, 1.82) is 0 Å². The van der Waals surface area contributed by atoms with Crippen molar-refractivity contribution in [3.05, 3.63) is 30.1 Å². The van der Waals surface area contributed by atoms with Crippen LogP contribution in [0.4, 0.5) is 14.6 Å². The van der Waals surface area contributed by atoms with Crippen molar-refractivity contribution in [2.45, 2.75) is 0 Å². The summed E-state index contributed by atoms with van der Waals surface area (Å²) in [6.45, 7) is 3.28. The number of hydrogen-bond donors (Lipinski definition) is 0. The van der Waals surface area contributed by atoms with Crippen molar-refractivity contribution in [1.82, 2.24) is 24.5 Å². The molecule has 0 bridgehead atoms. The van der Waals surface area contributed by atoms with Crippen LogP contribution in [0.25, 0.3) is 16.7 Å².